The molecule has 2 aromatic carbocycles. The summed E-state index contributed by atoms with van der Waals surface area (Å²) < 4.78 is 10.4. The van der Waals surface area contributed by atoms with Crippen LogP contribution in [0.3, 0.4) is 0 Å². The summed E-state index contributed by atoms with van der Waals surface area (Å²) >= 11 is 11.9. The number of halogens is 2. The Hall–Kier alpha value is -2.24. The van der Waals surface area contributed by atoms with Crippen molar-refractivity contribution >= 4 is 35.3 Å². The van der Waals surface area contributed by atoms with Gasteiger partial charge in [-0.15, -0.1) is 0 Å². The van der Waals surface area contributed by atoms with Gasteiger partial charge in [0.15, 0.2) is 11.5 Å². The maximum absolute atomic E-state index is 12.0. The lowest BCUT2D eigenvalue weighted by atomic mass is 10.2. The predicted octanol–water partition coefficient (Wildman–Crippen LogP) is 3.49. The Balaban J connectivity index is 1.70. The first kappa shape index (κ1) is 14.7. The zero-order valence-corrected chi connectivity index (χ0v) is 12.7. The molecule has 0 spiro atoms. The minimum absolute atomic E-state index is 0.159. The third kappa shape index (κ3) is 3.00. The molecule has 22 heavy (non-hydrogen) atoms. The topological polar surface area (TPSA) is 59.9 Å². The first-order valence-electron chi connectivity index (χ1n) is 6.32. The van der Waals surface area contributed by atoms with E-state index in [0.717, 1.165) is 0 Å². The summed E-state index contributed by atoms with van der Waals surface area (Å²) in [4.78, 5) is 12.0. The highest BCUT2D eigenvalue weighted by Gasteiger charge is 2.15. The highest BCUT2D eigenvalue weighted by Crippen LogP contribution is 2.32. The van der Waals surface area contributed by atoms with E-state index in [2.05, 4.69) is 10.5 Å². The molecule has 3 rings (SSSR count). The molecule has 1 aliphatic rings. The van der Waals surface area contributed by atoms with E-state index in [9.17, 15) is 4.79 Å². The Morgan fingerprint density at radius 1 is 1.18 bits per heavy atom. The molecule has 0 fully saturated rings. The van der Waals surface area contributed by atoms with Crippen LogP contribution in [0, 0.1) is 0 Å². The number of ether oxygens (including phenoxy) is 2. The normalized spacial score (nSPS) is 12.6. The minimum atomic E-state index is -0.368. The SMILES string of the molecule is O=C(N/N=C\c1cccc(Cl)c1Cl)c1ccc2c(c1)OCO2. The number of nitrogens with one attached hydrogen (secondary N) is 1. The fraction of sp³-hybridized carbons (Fsp3) is 0.0667. The number of fused-ring (bicyclic) bond motifs is 1. The monoisotopic (exact) mass is 336 g/mol. The molecule has 0 bridgehead atoms. The summed E-state index contributed by atoms with van der Waals surface area (Å²) in [6.07, 6.45) is 1.43. The van der Waals surface area contributed by atoms with Crippen LogP contribution < -0.4 is 14.9 Å². The van der Waals surface area contributed by atoms with Crippen LogP contribution in [0.4, 0.5) is 0 Å². The molecule has 1 amide bonds. The van der Waals surface area contributed by atoms with Gasteiger partial charge < -0.3 is 9.47 Å². The second-order valence-corrected chi connectivity index (χ2v) is 5.20. The number of nitrogens with zero attached hydrogens (tertiary/aromatic N) is 1. The fourth-order valence-corrected chi connectivity index (χ4v) is 2.24. The molecule has 7 heteroatoms. The minimum Gasteiger partial charge on any atom is -0.454 e. The Bertz CT molecular complexity index is 762. The summed E-state index contributed by atoms with van der Waals surface area (Å²) in [7, 11) is 0. The van der Waals surface area contributed by atoms with Gasteiger partial charge >= 0.3 is 0 Å². The lowest BCUT2D eigenvalue weighted by Gasteiger charge is -2.02. The van der Waals surface area contributed by atoms with Gasteiger partial charge in [-0.3, -0.25) is 4.79 Å². The van der Waals surface area contributed by atoms with Crippen LogP contribution in [-0.2, 0) is 0 Å². The molecule has 5 nitrogen and oxygen atoms in total. The maximum Gasteiger partial charge on any atom is 0.271 e. The first-order chi connectivity index (χ1) is 10.6. The third-order valence-electron chi connectivity index (χ3n) is 2.99. The van der Waals surface area contributed by atoms with E-state index < -0.39 is 0 Å². The Labute approximate surface area is 136 Å². The lowest BCUT2D eigenvalue weighted by molar-refractivity contribution is 0.0954. The number of benzene rings is 2. The number of hydrogen-bond acceptors (Lipinski definition) is 4. The predicted molar refractivity (Wildman–Crippen MR) is 84.1 cm³/mol. The molecule has 1 N–H and O–H groups in total. The largest absolute Gasteiger partial charge is 0.454 e. The Kier molecular flexibility index (Phi) is 4.18. The smallest absolute Gasteiger partial charge is 0.271 e. The number of carbonyl (C=O) groups is 1. The Morgan fingerprint density at radius 2 is 2.00 bits per heavy atom. The van der Waals surface area contributed by atoms with Crippen LogP contribution >= 0.6 is 23.2 Å². The molecule has 0 radical (unpaired) electrons. The van der Waals surface area contributed by atoms with Gasteiger partial charge in [-0.05, 0) is 24.3 Å². The Morgan fingerprint density at radius 3 is 2.86 bits per heavy atom. The number of carbonyl (C=O) groups excluding carboxylic acids is 1. The summed E-state index contributed by atoms with van der Waals surface area (Å²) in [5.74, 6) is 0.785. The number of hydrazone groups is 1. The molecular weight excluding hydrogens is 327 g/mol. The molecule has 2 aromatic rings. The van der Waals surface area contributed by atoms with E-state index in [4.69, 9.17) is 32.7 Å². The van der Waals surface area contributed by atoms with Crippen molar-refractivity contribution in [3.8, 4) is 11.5 Å². The van der Waals surface area contributed by atoms with Crippen LogP contribution in [0.15, 0.2) is 41.5 Å². The van der Waals surface area contributed by atoms with Crippen molar-refractivity contribution in [2.24, 2.45) is 5.10 Å². The van der Waals surface area contributed by atoms with Crippen LogP contribution in [0.25, 0.3) is 0 Å². The van der Waals surface area contributed by atoms with Gasteiger partial charge in [0.05, 0.1) is 16.3 Å². The van der Waals surface area contributed by atoms with E-state index >= 15 is 0 Å². The molecule has 0 saturated carbocycles. The zero-order valence-electron chi connectivity index (χ0n) is 11.2. The van der Waals surface area contributed by atoms with Crippen LogP contribution in [0.2, 0.25) is 10.0 Å². The van der Waals surface area contributed by atoms with E-state index in [-0.39, 0.29) is 12.7 Å². The van der Waals surface area contributed by atoms with Crippen molar-refractivity contribution in [3.63, 3.8) is 0 Å². The van der Waals surface area contributed by atoms with Gasteiger partial charge in [0, 0.05) is 11.1 Å². The average molecular weight is 337 g/mol. The quantitative estimate of drug-likeness (QED) is 0.689. The van der Waals surface area contributed by atoms with Crippen molar-refractivity contribution in [1.82, 2.24) is 5.43 Å². The second-order valence-electron chi connectivity index (χ2n) is 4.41. The summed E-state index contributed by atoms with van der Waals surface area (Å²) in [6, 6.07) is 10.1. The second kappa shape index (κ2) is 6.25. The van der Waals surface area contributed by atoms with Gasteiger partial charge in [-0.25, -0.2) is 5.43 Å². The van der Waals surface area contributed by atoms with Crippen molar-refractivity contribution in [2.75, 3.05) is 6.79 Å². The highest BCUT2D eigenvalue weighted by atomic mass is 35.5. The van der Waals surface area contributed by atoms with Gasteiger partial charge in [0.25, 0.3) is 5.91 Å². The van der Waals surface area contributed by atoms with E-state index in [1.165, 1.54) is 6.21 Å². The molecule has 1 heterocycles. The van der Waals surface area contributed by atoms with Gasteiger partial charge in [-0.1, -0.05) is 35.3 Å². The van der Waals surface area contributed by atoms with Crippen LogP contribution in [0.5, 0.6) is 11.5 Å². The number of hydrogen-bond donors (Lipinski definition) is 1. The van der Waals surface area contributed by atoms with Crippen molar-refractivity contribution in [3.05, 3.63) is 57.6 Å². The highest BCUT2D eigenvalue weighted by molar-refractivity contribution is 6.43. The van der Waals surface area contributed by atoms with Crippen LogP contribution in [0.1, 0.15) is 15.9 Å². The van der Waals surface area contributed by atoms with E-state index in [1.54, 1.807) is 36.4 Å². The fourth-order valence-electron chi connectivity index (χ4n) is 1.88. The number of amides is 1. The molecule has 112 valence electrons. The summed E-state index contributed by atoms with van der Waals surface area (Å²) in [6.45, 7) is 0.159. The first-order valence-corrected chi connectivity index (χ1v) is 7.08. The van der Waals surface area contributed by atoms with Crippen molar-refractivity contribution in [2.45, 2.75) is 0 Å². The molecule has 0 atom stereocenters. The maximum atomic E-state index is 12.0. The van der Waals surface area contributed by atoms with E-state index in [0.29, 0.717) is 32.7 Å². The molecule has 0 unspecified atom stereocenters. The standard InChI is InChI=1S/C15H10Cl2N2O3/c16-11-3-1-2-10(14(11)17)7-18-19-15(20)9-4-5-12-13(6-9)22-8-21-12/h1-7H,8H2,(H,19,20)/b18-7-. The van der Waals surface area contributed by atoms with Gasteiger partial charge in [0.1, 0.15) is 0 Å². The molecular formula is C15H10Cl2N2O3. The van der Waals surface area contributed by atoms with E-state index in [1.807, 2.05) is 0 Å². The zero-order chi connectivity index (χ0) is 15.5. The molecule has 0 saturated heterocycles. The molecule has 0 aromatic heterocycles. The third-order valence-corrected chi connectivity index (χ3v) is 3.82. The summed E-state index contributed by atoms with van der Waals surface area (Å²) in [5.41, 5.74) is 3.44. The molecule has 0 aliphatic carbocycles. The number of rotatable bonds is 3. The van der Waals surface area contributed by atoms with Gasteiger partial charge in [0.2, 0.25) is 6.79 Å². The molecule has 1 aliphatic heterocycles. The average Bonchev–Trinajstić information content (AvgIpc) is 2.98. The van der Waals surface area contributed by atoms with Crippen molar-refractivity contribution < 1.29 is 14.3 Å². The lowest BCUT2D eigenvalue weighted by Crippen LogP contribution is -2.17. The summed E-state index contributed by atoms with van der Waals surface area (Å²) in [5, 5.41) is 4.68. The van der Waals surface area contributed by atoms with Crippen LogP contribution in [-0.4, -0.2) is 18.9 Å². The van der Waals surface area contributed by atoms with Crippen molar-refractivity contribution in [1.29, 1.82) is 0 Å². The van der Waals surface area contributed by atoms with Gasteiger partial charge in [-0.2, -0.15) is 5.10 Å².